The summed E-state index contributed by atoms with van der Waals surface area (Å²) in [5.41, 5.74) is 1.05. The molecule has 1 unspecified atom stereocenters. The second-order valence-corrected chi connectivity index (χ2v) is 4.87. The van der Waals surface area contributed by atoms with Gasteiger partial charge in [0.1, 0.15) is 0 Å². The SMILES string of the molecule is COc1c(C=O)c(CC(C)Cl)c(OC)c2c1OCO2. The second-order valence-electron chi connectivity index (χ2n) is 4.13. The van der Waals surface area contributed by atoms with E-state index in [-0.39, 0.29) is 12.2 Å². The van der Waals surface area contributed by atoms with Crippen LogP contribution in [0.15, 0.2) is 0 Å². The van der Waals surface area contributed by atoms with Crippen LogP contribution in [0.5, 0.6) is 23.0 Å². The fourth-order valence-corrected chi connectivity index (χ4v) is 2.32. The molecule has 1 aliphatic heterocycles. The summed E-state index contributed by atoms with van der Waals surface area (Å²) < 4.78 is 21.4. The summed E-state index contributed by atoms with van der Waals surface area (Å²) in [5.74, 6) is 1.68. The lowest BCUT2D eigenvalue weighted by molar-refractivity contribution is 0.111. The minimum absolute atomic E-state index is 0.0697. The first-order valence-corrected chi connectivity index (χ1v) is 6.23. The molecule has 0 amide bonds. The average molecular weight is 287 g/mol. The summed E-state index contributed by atoms with van der Waals surface area (Å²) in [6, 6.07) is 0. The van der Waals surface area contributed by atoms with Crippen LogP contribution in [0.2, 0.25) is 0 Å². The van der Waals surface area contributed by atoms with Crippen LogP contribution in [0, 0.1) is 0 Å². The lowest BCUT2D eigenvalue weighted by Crippen LogP contribution is -2.07. The van der Waals surface area contributed by atoms with E-state index in [1.807, 2.05) is 6.92 Å². The molecule has 5 nitrogen and oxygen atoms in total. The predicted octanol–water partition coefficient (Wildman–Crippen LogP) is 2.41. The van der Waals surface area contributed by atoms with Crippen LogP contribution in [0.1, 0.15) is 22.8 Å². The molecule has 0 aliphatic carbocycles. The van der Waals surface area contributed by atoms with Crippen molar-refractivity contribution in [2.24, 2.45) is 0 Å². The van der Waals surface area contributed by atoms with Gasteiger partial charge in [-0.25, -0.2) is 0 Å². The first-order chi connectivity index (χ1) is 9.13. The lowest BCUT2D eigenvalue weighted by Gasteiger charge is -2.17. The fraction of sp³-hybridized carbons (Fsp3) is 0.462. The first-order valence-electron chi connectivity index (χ1n) is 5.79. The normalized spacial score (nSPS) is 14.1. The van der Waals surface area contributed by atoms with Gasteiger partial charge in [0.25, 0.3) is 0 Å². The number of halogens is 1. The van der Waals surface area contributed by atoms with Crippen molar-refractivity contribution >= 4 is 17.9 Å². The number of fused-ring (bicyclic) bond motifs is 1. The molecule has 0 aromatic heterocycles. The molecular weight excluding hydrogens is 272 g/mol. The van der Waals surface area contributed by atoms with E-state index in [1.54, 1.807) is 0 Å². The summed E-state index contributed by atoms with van der Waals surface area (Å²) in [4.78, 5) is 11.4. The van der Waals surface area contributed by atoms with Crippen LogP contribution in [0.4, 0.5) is 0 Å². The van der Waals surface area contributed by atoms with Crippen LogP contribution < -0.4 is 18.9 Å². The van der Waals surface area contributed by atoms with E-state index in [2.05, 4.69) is 0 Å². The average Bonchev–Trinajstić information content (AvgIpc) is 2.85. The highest BCUT2D eigenvalue weighted by Crippen LogP contribution is 2.52. The van der Waals surface area contributed by atoms with Crippen molar-refractivity contribution < 1.29 is 23.7 Å². The molecule has 6 heteroatoms. The van der Waals surface area contributed by atoms with E-state index in [9.17, 15) is 4.79 Å². The number of rotatable bonds is 5. The Balaban J connectivity index is 2.71. The topological polar surface area (TPSA) is 54.0 Å². The smallest absolute Gasteiger partial charge is 0.231 e. The van der Waals surface area contributed by atoms with Crippen LogP contribution in [0.3, 0.4) is 0 Å². The Hall–Kier alpha value is -1.62. The van der Waals surface area contributed by atoms with Crippen molar-refractivity contribution in [2.75, 3.05) is 21.0 Å². The highest BCUT2D eigenvalue weighted by atomic mass is 35.5. The molecule has 2 rings (SSSR count). The Morgan fingerprint density at radius 1 is 1.26 bits per heavy atom. The van der Waals surface area contributed by atoms with Gasteiger partial charge in [-0.05, 0) is 13.3 Å². The van der Waals surface area contributed by atoms with Gasteiger partial charge in [0.2, 0.25) is 18.3 Å². The van der Waals surface area contributed by atoms with E-state index >= 15 is 0 Å². The third kappa shape index (κ3) is 2.30. The summed E-state index contributed by atoms with van der Waals surface area (Å²) in [6.07, 6.45) is 1.18. The van der Waals surface area contributed by atoms with Crippen LogP contribution in [0.25, 0.3) is 0 Å². The van der Waals surface area contributed by atoms with Gasteiger partial charge in [-0.2, -0.15) is 0 Å². The molecule has 0 saturated carbocycles. The molecule has 1 aromatic rings. The molecule has 1 aliphatic rings. The van der Waals surface area contributed by atoms with Gasteiger partial charge in [-0.15, -0.1) is 11.6 Å². The molecule has 1 aromatic carbocycles. The summed E-state index contributed by atoms with van der Waals surface area (Å²) >= 11 is 6.03. The highest BCUT2D eigenvalue weighted by molar-refractivity contribution is 6.20. The number of aldehydes is 1. The standard InChI is InChI=1S/C13H15ClO5/c1-7(14)4-8-9(5-15)11(17-3)13-12(10(8)16-2)18-6-19-13/h5,7H,4,6H2,1-3H3. The molecule has 104 valence electrons. The Morgan fingerprint density at radius 3 is 2.32 bits per heavy atom. The van der Waals surface area contributed by atoms with E-state index in [1.165, 1.54) is 14.2 Å². The van der Waals surface area contributed by atoms with Crippen molar-refractivity contribution in [3.63, 3.8) is 0 Å². The van der Waals surface area contributed by atoms with Gasteiger partial charge in [0, 0.05) is 10.9 Å². The van der Waals surface area contributed by atoms with E-state index < -0.39 is 0 Å². The molecule has 0 spiro atoms. The third-order valence-corrected chi connectivity index (χ3v) is 3.03. The largest absolute Gasteiger partial charge is 0.492 e. The van der Waals surface area contributed by atoms with E-state index in [4.69, 9.17) is 30.5 Å². The van der Waals surface area contributed by atoms with Crippen LogP contribution in [-0.4, -0.2) is 32.7 Å². The number of hydrogen-bond acceptors (Lipinski definition) is 5. The van der Waals surface area contributed by atoms with Crippen molar-refractivity contribution in [3.8, 4) is 23.0 Å². The summed E-state index contributed by atoms with van der Waals surface area (Å²) in [7, 11) is 2.99. The Labute approximate surface area is 116 Å². The van der Waals surface area contributed by atoms with Gasteiger partial charge in [-0.3, -0.25) is 4.79 Å². The number of alkyl halides is 1. The van der Waals surface area contributed by atoms with Gasteiger partial charge in [-0.1, -0.05) is 0 Å². The zero-order chi connectivity index (χ0) is 14.0. The Kier molecular flexibility index (Phi) is 4.04. The molecule has 1 heterocycles. The first kappa shape index (κ1) is 13.8. The number of ether oxygens (including phenoxy) is 4. The van der Waals surface area contributed by atoms with Gasteiger partial charge in [0.15, 0.2) is 17.8 Å². The zero-order valence-corrected chi connectivity index (χ0v) is 11.7. The van der Waals surface area contributed by atoms with Crippen molar-refractivity contribution in [1.29, 1.82) is 0 Å². The van der Waals surface area contributed by atoms with Gasteiger partial charge >= 0.3 is 0 Å². The quantitative estimate of drug-likeness (QED) is 0.614. The molecule has 0 N–H and O–H groups in total. The molecular formula is C13H15ClO5. The third-order valence-electron chi connectivity index (χ3n) is 2.88. The molecule has 19 heavy (non-hydrogen) atoms. The van der Waals surface area contributed by atoms with Gasteiger partial charge in [0.05, 0.1) is 19.8 Å². The summed E-state index contributed by atoms with van der Waals surface area (Å²) in [6.45, 7) is 1.91. The number of methoxy groups -OCH3 is 2. The van der Waals surface area contributed by atoms with Crippen LogP contribution in [-0.2, 0) is 6.42 Å². The molecule has 1 atom stereocenters. The highest BCUT2D eigenvalue weighted by Gasteiger charge is 2.31. The monoisotopic (exact) mass is 286 g/mol. The van der Waals surface area contributed by atoms with E-state index in [0.717, 1.165) is 6.29 Å². The Morgan fingerprint density at radius 2 is 1.84 bits per heavy atom. The minimum atomic E-state index is -0.155. The van der Waals surface area contributed by atoms with E-state index in [0.29, 0.717) is 40.5 Å². The zero-order valence-electron chi connectivity index (χ0n) is 11.0. The van der Waals surface area contributed by atoms with Crippen molar-refractivity contribution in [1.82, 2.24) is 0 Å². The number of carbonyl (C=O) groups is 1. The van der Waals surface area contributed by atoms with Crippen molar-refractivity contribution in [3.05, 3.63) is 11.1 Å². The molecule has 0 bridgehead atoms. The predicted molar refractivity (Wildman–Crippen MR) is 70.1 cm³/mol. The minimum Gasteiger partial charge on any atom is -0.492 e. The molecule has 0 saturated heterocycles. The summed E-state index contributed by atoms with van der Waals surface area (Å²) in [5, 5.41) is -0.155. The van der Waals surface area contributed by atoms with Crippen LogP contribution >= 0.6 is 11.6 Å². The maximum Gasteiger partial charge on any atom is 0.231 e. The number of carbonyl (C=O) groups excluding carboxylic acids is 1. The van der Waals surface area contributed by atoms with Crippen molar-refractivity contribution in [2.45, 2.75) is 18.7 Å². The maximum atomic E-state index is 11.4. The number of hydrogen-bond donors (Lipinski definition) is 0. The Bertz CT molecular complexity index is 499. The second kappa shape index (κ2) is 5.57. The van der Waals surface area contributed by atoms with Gasteiger partial charge < -0.3 is 18.9 Å². The number of benzene rings is 1. The fourth-order valence-electron chi connectivity index (χ4n) is 2.16. The molecule has 0 radical (unpaired) electrons. The lowest BCUT2D eigenvalue weighted by atomic mass is 10.00. The maximum absolute atomic E-state index is 11.4. The molecule has 0 fully saturated rings.